The molecule has 88 heavy (non-hydrogen) atoms. The molecule has 10 rings (SSSR count). The lowest BCUT2D eigenvalue weighted by atomic mass is 10.0. The van der Waals surface area contributed by atoms with Gasteiger partial charge >= 0.3 is 71.6 Å². The van der Waals surface area contributed by atoms with Crippen molar-refractivity contribution >= 4 is 83.2 Å². The Kier molecular flexibility index (Phi) is 24.1. The number of fused-ring (bicyclic) bond motifs is 4. The number of Topliss-reactive ketones (excluding diaryl/α,β-unsaturated/α-hetero) is 2. The zero-order valence-corrected chi connectivity index (χ0v) is 49.6. The molecule has 22 heteroatoms. The highest BCUT2D eigenvalue weighted by molar-refractivity contribution is 6.18. The number of unbranched alkanes of at least 4 members (excludes halogenated alkanes) is 2. The quantitative estimate of drug-likeness (QED) is 0.0286. The average Bonchev–Trinajstić information content (AvgIpc) is 4.32. The Bertz CT molecular complexity index is 3580. The molecule has 0 radical (unpaired) electrons. The Balaban J connectivity index is 0.000000288. The summed E-state index contributed by atoms with van der Waals surface area (Å²) in [4.78, 5) is 171. The normalized spacial score (nSPS) is 12.4. The van der Waals surface area contributed by atoms with E-state index in [2.05, 4.69) is 18.9 Å². The summed E-state index contributed by atoms with van der Waals surface area (Å²) in [5.74, 6) is -11.4. The van der Waals surface area contributed by atoms with Crippen molar-refractivity contribution in [1.29, 1.82) is 0 Å². The van der Waals surface area contributed by atoms with Crippen LogP contribution in [0.2, 0.25) is 0 Å². The van der Waals surface area contributed by atoms with E-state index in [0.717, 1.165) is 12.8 Å². The van der Waals surface area contributed by atoms with Gasteiger partial charge in [-0.15, -0.1) is 0 Å². The lowest BCUT2D eigenvalue weighted by Crippen LogP contribution is -2.14. The lowest BCUT2D eigenvalue weighted by molar-refractivity contribution is 0.0425. The Morgan fingerprint density at radius 2 is 0.545 bits per heavy atom. The van der Waals surface area contributed by atoms with Crippen LogP contribution in [0.25, 0.3) is 0 Å². The van der Waals surface area contributed by atoms with Crippen LogP contribution in [0, 0.1) is 0 Å². The first-order valence-electron chi connectivity index (χ1n) is 28.2. The molecule has 0 aromatic heterocycles. The number of rotatable bonds is 16. The minimum Gasteiger partial charge on any atom is -0.423 e. The summed E-state index contributed by atoms with van der Waals surface area (Å²) in [5.41, 5.74) is -0.406. The predicted octanol–water partition coefficient (Wildman–Crippen LogP) is 12.3. The van der Waals surface area contributed by atoms with Crippen molar-refractivity contribution in [2.24, 2.45) is 0 Å². The van der Waals surface area contributed by atoms with E-state index in [0.29, 0.717) is 12.8 Å². The summed E-state index contributed by atoms with van der Waals surface area (Å²) in [6.45, 7) is 19.8. The van der Waals surface area contributed by atoms with Crippen LogP contribution < -0.4 is 18.9 Å². The van der Waals surface area contributed by atoms with Gasteiger partial charge in [0.2, 0.25) is 0 Å². The molecule has 22 nitrogen and oxygen atoms in total. The highest BCUT2D eigenvalue weighted by atomic mass is 16.6. The summed E-state index contributed by atoms with van der Waals surface area (Å²) >= 11 is 0. The van der Waals surface area contributed by atoms with Gasteiger partial charge in [-0.1, -0.05) is 82.1 Å². The van der Waals surface area contributed by atoms with Crippen molar-refractivity contribution < 1.29 is 105 Å². The third-order valence-corrected chi connectivity index (χ3v) is 12.4. The first-order valence-corrected chi connectivity index (χ1v) is 28.2. The SMILES string of the molecule is CC.CC.CC.CC.CCCCC(=O)c1cc(OC(=O)c2ccc3c(c2)C(=O)OC3=O)ccc1OC(=O)c1ccc2c(c1)C(=O)OC2=O.CCCCC(=O)c1cc(OC(=O)c2ccc3c(c2)C(=O)OC3=O)ccc1OC(=O)c1ccc2c(c1)C(=O)OC2=O. The molecule has 6 aromatic rings. The highest BCUT2D eigenvalue weighted by Gasteiger charge is 2.35. The minimum absolute atomic E-state index is 0.0222. The molecule has 0 spiro atoms. The van der Waals surface area contributed by atoms with E-state index in [-0.39, 0.29) is 125 Å². The van der Waals surface area contributed by atoms with Gasteiger partial charge in [-0.25, -0.2) is 57.5 Å². The fraction of sp³-hybridized carbons (Fsp3) is 0.242. The van der Waals surface area contributed by atoms with Crippen LogP contribution in [-0.4, -0.2) is 83.2 Å². The number of carbonyl (C=O) groups is 14. The fourth-order valence-corrected chi connectivity index (χ4v) is 8.20. The van der Waals surface area contributed by atoms with Gasteiger partial charge in [0.05, 0.1) is 77.9 Å². The zero-order valence-electron chi connectivity index (χ0n) is 49.6. The van der Waals surface area contributed by atoms with Gasteiger partial charge in [0.25, 0.3) is 0 Å². The van der Waals surface area contributed by atoms with Crippen molar-refractivity contribution in [2.75, 3.05) is 0 Å². The molecule has 0 unspecified atom stereocenters. The standard InChI is InChI=1S/2C29H18O11.4C2H6/c2*1-2-3-4-22(30)21-13-16(37-24(31)14-5-8-17-19(11-14)28(35)39-26(17)33)7-10-23(21)38-25(32)15-6-9-18-20(12-15)29(36)40-27(18)34;4*1-2/h2*5-13H,2-4H2,1H3;4*1-2H3. The molecular formula is C66H60O22. The predicted molar refractivity (Wildman–Crippen MR) is 311 cm³/mol. The molecule has 456 valence electrons. The summed E-state index contributed by atoms with van der Waals surface area (Å²) in [5, 5.41) is 0. The topological polar surface area (TPSA) is 313 Å². The van der Waals surface area contributed by atoms with E-state index in [1.807, 2.05) is 69.2 Å². The maximum absolute atomic E-state index is 13.0. The van der Waals surface area contributed by atoms with Crippen LogP contribution in [-0.2, 0) is 18.9 Å². The Morgan fingerprint density at radius 1 is 0.307 bits per heavy atom. The molecule has 0 atom stereocenters. The number of carbonyl (C=O) groups excluding carboxylic acids is 14. The van der Waals surface area contributed by atoms with Crippen molar-refractivity contribution in [3.8, 4) is 23.0 Å². The van der Waals surface area contributed by atoms with E-state index in [1.54, 1.807) is 0 Å². The van der Waals surface area contributed by atoms with E-state index in [9.17, 15) is 67.1 Å². The van der Waals surface area contributed by atoms with E-state index >= 15 is 0 Å². The number of ketones is 2. The maximum atomic E-state index is 13.0. The molecule has 0 fully saturated rings. The first kappa shape index (κ1) is 67.9. The Labute approximate surface area is 504 Å². The fourth-order valence-electron chi connectivity index (χ4n) is 8.20. The molecule has 4 aliphatic rings. The van der Waals surface area contributed by atoms with Crippen molar-refractivity contribution in [3.63, 3.8) is 0 Å². The van der Waals surface area contributed by atoms with Gasteiger partial charge in [-0.2, -0.15) is 0 Å². The largest absolute Gasteiger partial charge is 0.423 e. The molecule has 0 amide bonds. The maximum Gasteiger partial charge on any atom is 0.346 e. The Hall–Kier alpha value is -10.9. The first-order chi connectivity index (χ1) is 42.3. The smallest absolute Gasteiger partial charge is 0.346 e. The van der Waals surface area contributed by atoms with Gasteiger partial charge in [0, 0.05) is 12.8 Å². The molecule has 4 heterocycles. The van der Waals surface area contributed by atoms with Gasteiger partial charge in [0.1, 0.15) is 23.0 Å². The molecule has 0 saturated heterocycles. The second-order valence-corrected chi connectivity index (χ2v) is 17.7. The lowest BCUT2D eigenvalue weighted by Gasteiger charge is -2.12. The summed E-state index contributed by atoms with van der Waals surface area (Å²) in [6.07, 6.45) is 2.83. The molecule has 6 aromatic carbocycles. The minimum atomic E-state index is -0.899. The van der Waals surface area contributed by atoms with Crippen molar-refractivity contribution in [1.82, 2.24) is 0 Å². The molecule has 4 aliphatic heterocycles. The highest BCUT2D eigenvalue weighted by Crippen LogP contribution is 2.32. The van der Waals surface area contributed by atoms with E-state index in [4.69, 9.17) is 18.9 Å². The number of hydrogen-bond acceptors (Lipinski definition) is 22. The van der Waals surface area contributed by atoms with E-state index in [1.165, 1.54) is 109 Å². The molecule has 0 N–H and O–H groups in total. The molecule has 0 saturated carbocycles. The third kappa shape index (κ3) is 15.5. The Morgan fingerprint density at radius 3 is 0.795 bits per heavy atom. The molecule has 0 bridgehead atoms. The van der Waals surface area contributed by atoms with Crippen molar-refractivity contribution in [3.05, 3.63) is 187 Å². The summed E-state index contributed by atoms with van der Waals surface area (Å²) in [7, 11) is 0. The van der Waals surface area contributed by atoms with Crippen LogP contribution in [0.3, 0.4) is 0 Å². The summed E-state index contributed by atoms with van der Waals surface area (Å²) < 4.78 is 39.8. The second kappa shape index (κ2) is 31.3. The van der Waals surface area contributed by atoms with Crippen LogP contribution in [0.1, 0.15) is 253 Å². The summed E-state index contributed by atoms with van der Waals surface area (Å²) in [6, 6.07) is 22.6. The zero-order chi connectivity index (χ0) is 65.1. The van der Waals surface area contributed by atoms with Gasteiger partial charge in [-0.3, -0.25) is 9.59 Å². The number of esters is 12. The number of hydrogen-bond donors (Lipinski definition) is 0. The van der Waals surface area contributed by atoms with Crippen LogP contribution in [0.15, 0.2) is 109 Å². The van der Waals surface area contributed by atoms with Crippen molar-refractivity contribution in [2.45, 2.75) is 108 Å². The van der Waals surface area contributed by atoms with Crippen LogP contribution in [0.4, 0.5) is 0 Å². The monoisotopic (exact) mass is 1200 g/mol. The number of ether oxygens (including phenoxy) is 8. The van der Waals surface area contributed by atoms with E-state index < -0.39 is 71.6 Å². The molecular weight excluding hydrogens is 1140 g/mol. The van der Waals surface area contributed by atoms with Gasteiger partial charge in [0.15, 0.2) is 11.6 Å². The second-order valence-electron chi connectivity index (χ2n) is 17.7. The third-order valence-electron chi connectivity index (χ3n) is 12.4. The molecule has 0 aliphatic carbocycles. The number of cyclic esters (lactones) is 8. The van der Waals surface area contributed by atoms with Crippen LogP contribution >= 0.6 is 0 Å². The van der Waals surface area contributed by atoms with Crippen LogP contribution in [0.5, 0.6) is 23.0 Å². The van der Waals surface area contributed by atoms with Gasteiger partial charge in [-0.05, 0) is 122 Å². The average molecular weight is 1210 g/mol. The number of benzene rings is 6. The van der Waals surface area contributed by atoms with Gasteiger partial charge < -0.3 is 37.9 Å².